The quantitative estimate of drug-likeness (QED) is 0.844. The Kier molecular flexibility index (Phi) is 3.36. The lowest BCUT2D eigenvalue weighted by Gasteiger charge is -2.05. The van der Waals surface area contributed by atoms with Crippen LogP contribution >= 0.6 is 0 Å². The van der Waals surface area contributed by atoms with E-state index in [4.69, 9.17) is 5.73 Å². The van der Waals surface area contributed by atoms with Crippen molar-refractivity contribution in [2.75, 3.05) is 5.73 Å². The highest BCUT2D eigenvalue weighted by Crippen LogP contribution is 2.25. The Balaban J connectivity index is 2.44. The first-order valence-electron chi connectivity index (χ1n) is 6.23. The molecular formula is C14H20N4. The highest BCUT2D eigenvalue weighted by molar-refractivity contribution is 5.72. The number of anilines is 1. The molecule has 0 aliphatic carbocycles. The van der Waals surface area contributed by atoms with Gasteiger partial charge in [-0.2, -0.15) is 5.10 Å². The van der Waals surface area contributed by atoms with Crippen molar-refractivity contribution in [3.05, 3.63) is 29.6 Å². The van der Waals surface area contributed by atoms with E-state index in [0.717, 1.165) is 29.3 Å². The van der Waals surface area contributed by atoms with Crippen LogP contribution in [0.5, 0.6) is 0 Å². The third kappa shape index (κ3) is 2.53. The molecule has 1 aromatic heterocycles. The van der Waals surface area contributed by atoms with Crippen molar-refractivity contribution < 1.29 is 0 Å². The van der Waals surface area contributed by atoms with Gasteiger partial charge in [0, 0.05) is 24.7 Å². The molecule has 0 saturated carbocycles. The highest BCUT2D eigenvalue weighted by atomic mass is 15.3. The zero-order valence-corrected chi connectivity index (χ0v) is 11.4. The molecule has 1 aromatic carbocycles. The third-order valence-electron chi connectivity index (χ3n) is 2.85. The number of rotatable bonds is 3. The molecule has 0 radical (unpaired) electrons. The van der Waals surface area contributed by atoms with Crippen LogP contribution in [0.15, 0.2) is 18.2 Å². The van der Waals surface area contributed by atoms with Gasteiger partial charge in [0.15, 0.2) is 11.6 Å². The van der Waals surface area contributed by atoms with Crippen molar-refractivity contribution in [2.24, 2.45) is 13.0 Å². The minimum atomic E-state index is 0.551. The van der Waals surface area contributed by atoms with Gasteiger partial charge in [-0.05, 0) is 25.0 Å². The molecule has 2 aromatic rings. The molecule has 0 saturated heterocycles. The second kappa shape index (κ2) is 4.80. The lowest BCUT2D eigenvalue weighted by molar-refractivity contribution is 0.613. The molecule has 0 amide bonds. The van der Waals surface area contributed by atoms with E-state index in [1.165, 1.54) is 5.56 Å². The Labute approximate surface area is 108 Å². The van der Waals surface area contributed by atoms with E-state index < -0.39 is 0 Å². The number of hydrogen-bond donors (Lipinski definition) is 1. The van der Waals surface area contributed by atoms with Gasteiger partial charge in [-0.25, -0.2) is 9.67 Å². The second-order valence-corrected chi connectivity index (χ2v) is 5.16. The third-order valence-corrected chi connectivity index (χ3v) is 2.85. The van der Waals surface area contributed by atoms with E-state index in [0.29, 0.717) is 5.92 Å². The lowest BCUT2D eigenvalue weighted by Crippen LogP contribution is -1.99. The molecule has 1 heterocycles. The van der Waals surface area contributed by atoms with Gasteiger partial charge in [-0.15, -0.1) is 0 Å². The molecule has 4 nitrogen and oxygen atoms in total. The van der Waals surface area contributed by atoms with E-state index in [2.05, 4.69) is 30.0 Å². The summed E-state index contributed by atoms with van der Waals surface area (Å²) >= 11 is 0. The molecule has 18 heavy (non-hydrogen) atoms. The van der Waals surface area contributed by atoms with Crippen LogP contribution in [0.3, 0.4) is 0 Å². The van der Waals surface area contributed by atoms with Gasteiger partial charge in [0.1, 0.15) is 0 Å². The largest absolute Gasteiger partial charge is 0.398 e. The van der Waals surface area contributed by atoms with E-state index in [1.807, 2.05) is 30.8 Å². The van der Waals surface area contributed by atoms with Gasteiger partial charge in [0.25, 0.3) is 0 Å². The number of nitrogen functional groups attached to an aromatic ring is 1. The Hall–Kier alpha value is -1.84. The molecule has 96 valence electrons. The fourth-order valence-electron chi connectivity index (χ4n) is 1.99. The van der Waals surface area contributed by atoms with Crippen molar-refractivity contribution in [1.29, 1.82) is 0 Å². The predicted molar refractivity (Wildman–Crippen MR) is 74.1 cm³/mol. The summed E-state index contributed by atoms with van der Waals surface area (Å²) in [5.74, 6) is 2.27. The first kappa shape index (κ1) is 12.6. The summed E-state index contributed by atoms with van der Waals surface area (Å²) in [4.78, 5) is 4.59. The fraction of sp³-hybridized carbons (Fsp3) is 0.429. The van der Waals surface area contributed by atoms with Crippen LogP contribution < -0.4 is 5.73 Å². The molecule has 0 bridgehead atoms. The van der Waals surface area contributed by atoms with E-state index >= 15 is 0 Å². The first-order chi connectivity index (χ1) is 8.47. The van der Waals surface area contributed by atoms with Gasteiger partial charge in [0.2, 0.25) is 0 Å². The maximum Gasteiger partial charge on any atom is 0.160 e. The SMILES string of the molecule is Cc1ccc(N)c(-c2nc(CC(C)C)nn2C)c1. The smallest absolute Gasteiger partial charge is 0.160 e. The predicted octanol–water partition coefficient (Wildman–Crippen LogP) is 2.57. The normalized spacial score (nSPS) is 11.2. The molecular weight excluding hydrogens is 224 g/mol. The summed E-state index contributed by atoms with van der Waals surface area (Å²) in [6, 6.07) is 5.98. The van der Waals surface area contributed by atoms with E-state index in [1.54, 1.807) is 0 Å². The zero-order valence-electron chi connectivity index (χ0n) is 11.4. The zero-order chi connectivity index (χ0) is 13.3. The van der Waals surface area contributed by atoms with E-state index in [-0.39, 0.29) is 0 Å². The molecule has 2 rings (SSSR count). The lowest BCUT2D eigenvalue weighted by atomic mass is 10.1. The van der Waals surface area contributed by atoms with Crippen LogP contribution in [0.4, 0.5) is 5.69 Å². The maximum atomic E-state index is 6.02. The number of aryl methyl sites for hydroxylation is 2. The number of aromatic nitrogens is 3. The second-order valence-electron chi connectivity index (χ2n) is 5.16. The molecule has 0 aliphatic rings. The molecule has 2 N–H and O–H groups in total. The van der Waals surface area contributed by atoms with Crippen LogP contribution in [0.2, 0.25) is 0 Å². The molecule has 0 unspecified atom stereocenters. The molecule has 4 heteroatoms. The van der Waals surface area contributed by atoms with Crippen molar-refractivity contribution in [3.8, 4) is 11.4 Å². The minimum absolute atomic E-state index is 0.551. The summed E-state index contributed by atoms with van der Waals surface area (Å²) < 4.78 is 1.81. The Morgan fingerprint density at radius 3 is 2.72 bits per heavy atom. The van der Waals surface area contributed by atoms with Crippen molar-refractivity contribution in [1.82, 2.24) is 14.8 Å². The average Bonchev–Trinajstić information content (AvgIpc) is 2.62. The molecule has 0 fully saturated rings. The average molecular weight is 244 g/mol. The van der Waals surface area contributed by atoms with Gasteiger partial charge >= 0.3 is 0 Å². The van der Waals surface area contributed by atoms with Crippen LogP contribution in [-0.4, -0.2) is 14.8 Å². The van der Waals surface area contributed by atoms with Crippen LogP contribution in [0, 0.1) is 12.8 Å². The molecule has 0 aliphatic heterocycles. The fourth-order valence-corrected chi connectivity index (χ4v) is 1.99. The summed E-state index contributed by atoms with van der Waals surface area (Å²) in [6.07, 6.45) is 0.888. The Morgan fingerprint density at radius 1 is 1.33 bits per heavy atom. The van der Waals surface area contributed by atoms with Crippen LogP contribution in [0.25, 0.3) is 11.4 Å². The number of hydrogen-bond acceptors (Lipinski definition) is 3. The summed E-state index contributed by atoms with van der Waals surface area (Å²) in [7, 11) is 1.91. The molecule has 0 spiro atoms. The summed E-state index contributed by atoms with van der Waals surface area (Å²) in [5, 5.41) is 4.45. The van der Waals surface area contributed by atoms with Gasteiger partial charge in [0.05, 0.1) is 0 Å². The van der Waals surface area contributed by atoms with Gasteiger partial charge in [-0.3, -0.25) is 0 Å². The van der Waals surface area contributed by atoms with Gasteiger partial charge < -0.3 is 5.73 Å². The monoisotopic (exact) mass is 244 g/mol. The Bertz CT molecular complexity index is 555. The summed E-state index contributed by atoms with van der Waals surface area (Å²) in [5.41, 5.74) is 8.89. The van der Waals surface area contributed by atoms with Crippen molar-refractivity contribution in [2.45, 2.75) is 27.2 Å². The maximum absolute atomic E-state index is 6.02. The summed E-state index contributed by atoms with van der Waals surface area (Å²) in [6.45, 7) is 6.38. The van der Waals surface area contributed by atoms with Crippen molar-refractivity contribution >= 4 is 5.69 Å². The number of nitrogens with zero attached hydrogens (tertiary/aromatic N) is 3. The van der Waals surface area contributed by atoms with Crippen molar-refractivity contribution in [3.63, 3.8) is 0 Å². The Morgan fingerprint density at radius 2 is 2.06 bits per heavy atom. The highest BCUT2D eigenvalue weighted by Gasteiger charge is 2.13. The number of nitrogens with two attached hydrogens (primary N) is 1. The standard InChI is InChI=1S/C14H20N4/c1-9(2)7-13-16-14(18(4)17-13)11-8-10(3)5-6-12(11)15/h5-6,8-9H,7,15H2,1-4H3. The van der Waals surface area contributed by atoms with Crippen LogP contribution in [-0.2, 0) is 13.5 Å². The topological polar surface area (TPSA) is 56.7 Å². The first-order valence-corrected chi connectivity index (χ1v) is 6.23. The minimum Gasteiger partial charge on any atom is -0.398 e. The molecule has 0 atom stereocenters. The van der Waals surface area contributed by atoms with E-state index in [9.17, 15) is 0 Å². The number of benzene rings is 1. The van der Waals surface area contributed by atoms with Gasteiger partial charge in [-0.1, -0.05) is 25.5 Å². The van der Waals surface area contributed by atoms with Crippen LogP contribution in [0.1, 0.15) is 25.2 Å².